The average molecular weight is 167 g/mol. The second kappa shape index (κ2) is 3.12. The number of likely N-dealkylation sites (tertiary alicyclic amines) is 1. The van der Waals surface area contributed by atoms with Crippen molar-refractivity contribution < 1.29 is 0 Å². The van der Waals surface area contributed by atoms with Gasteiger partial charge in [-0.3, -0.25) is 0 Å². The molecule has 0 N–H and O–H groups in total. The van der Waals surface area contributed by atoms with Crippen molar-refractivity contribution in [2.45, 2.75) is 34.6 Å². The lowest BCUT2D eigenvalue weighted by atomic mass is 9.87. The Morgan fingerprint density at radius 3 is 2.08 bits per heavy atom. The molecule has 70 valence electrons. The molecule has 1 nitrogen and oxygen atoms in total. The Morgan fingerprint density at radius 2 is 1.83 bits per heavy atom. The Bertz CT molecular complexity index is 180. The summed E-state index contributed by atoms with van der Waals surface area (Å²) in [7, 11) is 0. The van der Waals surface area contributed by atoms with Crippen LogP contribution in [0.1, 0.15) is 34.6 Å². The molecule has 0 aromatic heterocycles. The van der Waals surface area contributed by atoms with E-state index in [0.717, 1.165) is 5.92 Å². The number of nitrogens with zero attached hydrogens (tertiary/aromatic N) is 1. The van der Waals surface area contributed by atoms with Crippen LogP contribution in [0.5, 0.6) is 0 Å². The van der Waals surface area contributed by atoms with Gasteiger partial charge >= 0.3 is 0 Å². The third-order valence-corrected chi connectivity index (χ3v) is 2.45. The summed E-state index contributed by atoms with van der Waals surface area (Å²) < 4.78 is 0. The van der Waals surface area contributed by atoms with Gasteiger partial charge in [0.1, 0.15) is 0 Å². The van der Waals surface area contributed by atoms with Crippen molar-refractivity contribution in [2.75, 3.05) is 13.1 Å². The van der Waals surface area contributed by atoms with E-state index >= 15 is 0 Å². The van der Waals surface area contributed by atoms with Gasteiger partial charge in [-0.05, 0) is 12.8 Å². The van der Waals surface area contributed by atoms with Crippen molar-refractivity contribution in [3.63, 3.8) is 0 Å². The maximum Gasteiger partial charge on any atom is 0.0217 e. The summed E-state index contributed by atoms with van der Waals surface area (Å²) in [6.07, 6.45) is 2.26. The molecule has 1 aliphatic rings. The van der Waals surface area contributed by atoms with E-state index < -0.39 is 0 Å². The molecule has 1 fully saturated rings. The highest BCUT2D eigenvalue weighted by atomic mass is 15.2. The second-order valence-electron chi connectivity index (χ2n) is 4.93. The van der Waals surface area contributed by atoms with Crippen molar-refractivity contribution in [1.29, 1.82) is 0 Å². The Kier molecular flexibility index (Phi) is 2.50. The highest BCUT2D eigenvalue weighted by molar-refractivity contribution is 5.11. The van der Waals surface area contributed by atoms with Gasteiger partial charge in [-0.2, -0.15) is 0 Å². The van der Waals surface area contributed by atoms with Crippen molar-refractivity contribution >= 4 is 0 Å². The molecule has 1 saturated heterocycles. The van der Waals surface area contributed by atoms with E-state index in [2.05, 4.69) is 45.6 Å². The van der Waals surface area contributed by atoms with Crippen LogP contribution >= 0.6 is 0 Å². The zero-order valence-electron chi connectivity index (χ0n) is 9.02. The molecular formula is C11H21N. The van der Waals surface area contributed by atoms with E-state index in [1.165, 1.54) is 18.8 Å². The van der Waals surface area contributed by atoms with Crippen molar-refractivity contribution in [3.8, 4) is 0 Å². The lowest BCUT2D eigenvalue weighted by Gasteiger charge is -2.45. The quantitative estimate of drug-likeness (QED) is 0.580. The summed E-state index contributed by atoms with van der Waals surface area (Å²) in [6.45, 7) is 13.8. The fourth-order valence-electron chi connectivity index (χ4n) is 1.99. The normalized spacial score (nSPS) is 21.1. The first-order chi connectivity index (χ1) is 5.45. The summed E-state index contributed by atoms with van der Waals surface area (Å²) >= 11 is 0. The average Bonchev–Trinajstić information content (AvgIpc) is 1.82. The van der Waals surface area contributed by atoms with Crippen LogP contribution in [0.2, 0.25) is 0 Å². The van der Waals surface area contributed by atoms with Crippen LogP contribution in [0.4, 0.5) is 0 Å². The fraction of sp³-hybridized carbons (Fsp3) is 0.818. The van der Waals surface area contributed by atoms with Crippen LogP contribution < -0.4 is 0 Å². The summed E-state index contributed by atoms with van der Waals surface area (Å²) in [5.74, 6) is 0.891. The molecule has 1 rings (SSSR count). The second-order valence-corrected chi connectivity index (χ2v) is 4.93. The molecule has 1 heteroatoms. The zero-order chi connectivity index (χ0) is 9.35. The van der Waals surface area contributed by atoms with Gasteiger partial charge in [0, 0.05) is 24.2 Å². The zero-order valence-corrected chi connectivity index (χ0v) is 9.02. The van der Waals surface area contributed by atoms with Gasteiger partial charge in [0.2, 0.25) is 0 Å². The first-order valence-electron chi connectivity index (χ1n) is 4.87. The number of rotatable bonds is 1. The monoisotopic (exact) mass is 167 g/mol. The molecule has 1 heterocycles. The lowest BCUT2D eigenvalue weighted by molar-refractivity contribution is 0.125. The van der Waals surface area contributed by atoms with Gasteiger partial charge in [-0.25, -0.2) is 0 Å². The summed E-state index contributed by atoms with van der Waals surface area (Å²) in [5.41, 5.74) is 1.81. The SMILES string of the molecule is C/C=C(/N1CC(C)C1)C(C)(C)C. The largest absolute Gasteiger partial charge is 0.374 e. The number of hydrogen-bond donors (Lipinski definition) is 0. The minimum Gasteiger partial charge on any atom is -0.374 e. The van der Waals surface area contributed by atoms with E-state index in [4.69, 9.17) is 0 Å². The minimum atomic E-state index is 0.314. The molecule has 1 aliphatic heterocycles. The fourth-order valence-corrected chi connectivity index (χ4v) is 1.99. The Labute approximate surface area is 76.5 Å². The molecule has 0 radical (unpaired) electrons. The van der Waals surface area contributed by atoms with Gasteiger partial charge in [0.25, 0.3) is 0 Å². The van der Waals surface area contributed by atoms with Crippen molar-refractivity contribution in [3.05, 3.63) is 11.8 Å². The van der Waals surface area contributed by atoms with Crippen LogP contribution in [0.15, 0.2) is 11.8 Å². The summed E-state index contributed by atoms with van der Waals surface area (Å²) in [5, 5.41) is 0. The number of hydrogen-bond acceptors (Lipinski definition) is 1. The maximum absolute atomic E-state index is 2.49. The van der Waals surface area contributed by atoms with E-state index in [9.17, 15) is 0 Å². The minimum absolute atomic E-state index is 0.314. The van der Waals surface area contributed by atoms with Gasteiger partial charge in [0.15, 0.2) is 0 Å². The molecule has 0 atom stereocenters. The van der Waals surface area contributed by atoms with E-state index in [0.29, 0.717) is 5.41 Å². The third-order valence-electron chi connectivity index (χ3n) is 2.45. The Hall–Kier alpha value is -0.460. The highest BCUT2D eigenvalue weighted by Crippen LogP contribution is 2.32. The molecule has 0 aromatic carbocycles. The molecule has 0 amide bonds. The highest BCUT2D eigenvalue weighted by Gasteiger charge is 2.29. The van der Waals surface area contributed by atoms with Crippen LogP contribution in [0.3, 0.4) is 0 Å². The van der Waals surface area contributed by atoms with Crippen LogP contribution in [-0.4, -0.2) is 18.0 Å². The third kappa shape index (κ3) is 1.82. The molecule has 0 saturated carbocycles. The van der Waals surface area contributed by atoms with Gasteiger partial charge in [-0.1, -0.05) is 33.8 Å². The predicted octanol–water partition coefficient (Wildman–Crippen LogP) is 2.89. The first kappa shape index (κ1) is 9.63. The first-order valence-corrected chi connectivity index (χ1v) is 4.87. The molecule has 0 spiro atoms. The predicted molar refractivity (Wildman–Crippen MR) is 53.9 cm³/mol. The van der Waals surface area contributed by atoms with Crippen LogP contribution in [-0.2, 0) is 0 Å². The topological polar surface area (TPSA) is 3.24 Å². The maximum atomic E-state index is 2.49. The van der Waals surface area contributed by atoms with E-state index in [1.54, 1.807) is 0 Å². The molecule has 0 unspecified atom stereocenters. The molecular weight excluding hydrogens is 146 g/mol. The molecule has 0 bridgehead atoms. The molecule has 0 aliphatic carbocycles. The van der Waals surface area contributed by atoms with E-state index in [-0.39, 0.29) is 0 Å². The van der Waals surface area contributed by atoms with Crippen LogP contribution in [0, 0.1) is 11.3 Å². The van der Waals surface area contributed by atoms with Gasteiger partial charge in [0.05, 0.1) is 0 Å². The van der Waals surface area contributed by atoms with Crippen molar-refractivity contribution in [2.24, 2.45) is 11.3 Å². The van der Waals surface area contributed by atoms with Gasteiger partial charge < -0.3 is 4.90 Å². The standard InChI is InChI=1S/C11H21N/c1-6-10(11(3,4)5)12-7-9(2)8-12/h6,9H,7-8H2,1-5H3/b10-6+. The summed E-state index contributed by atoms with van der Waals surface area (Å²) in [6, 6.07) is 0. The Morgan fingerprint density at radius 1 is 1.33 bits per heavy atom. The van der Waals surface area contributed by atoms with Crippen LogP contribution in [0.25, 0.3) is 0 Å². The lowest BCUT2D eigenvalue weighted by Crippen LogP contribution is -2.46. The van der Waals surface area contributed by atoms with Gasteiger partial charge in [-0.15, -0.1) is 0 Å². The van der Waals surface area contributed by atoms with Crippen molar-refractivity contribution in [1.82, 2.24) is 4.90 Å². The smallest absolute Gasteiger partial charge is 0.0217 e. The molecule has 12 heavy (non-hydrogen) atoms. The molecule has 0 aromatic rings. The number of allylic oxidation sites excluding steroid dienone is 2. The van der Waals surface area contributed by atoms with E-state index in [1.807, 2.05) is 0 Å². The Balaban J connectivity index is 2.60. The summed E-state index contributed by atoms with van der Waals surface area (Å²) in [4.78, 5) is 2.49.